The molecule has 23 heavy (non-hydrogen) atoms. The molecule has 0 aliphatic carbocycles. The molecule has 0 amide bonds. The van der Waals surface area contributed by atoms with E-state index in [9.17, 15) is 14.9 Å². The van der Waals surface area contributed by atoms with Crippen LogP contribution in [0.5, 0.6) is 0 Å². The van der Waals surface area contributed by atoms with Crippen LogP contribution in [0.15, 0.2) is 18.2 Å². The summed E-state index contributed by atoms with van der Waals surface area (Å²) in [4.78, 5) is 27.0. The molecular formula is C16H23N3O4. The van der Waals surface area contributed by atoms with Gasteiger partial charge >= 0.3 is 5.97 Å². The van der Waals surface area contributed by atoms with Gasteiger partial charge in [-0.15, -0.1) is 0 Å². The van der Waals surface area contributed by atoms with E-state index in [0.717, 1.165) is 25.9 Å². The topological polar surface area (TPSA) is 75.9 Å². The molecule has 0 saturated carbocycles. The van der Waals surface area contributed by atoms with Crippen LogP contribution in [0.25, 0.3) is 0 Å². The van der Waals surface area contributed by atoms with Crippen molar-refractivity contribution in [2.75, 3.05) is 38.7 Å². The Labute approximate surface area is 136 Å². The molecule has 1 aliphatic rings. The number of nitro benzene ring substituents is 1. The van der Waals surface area contributed by atoms with Gasteiger partial charge in [0, 0.05) is 31.3 Å². The maximum Gasteiger partial charge on any atom is 0.340 e. The minimum absolute atomic E-state index is 0.0991. The van der Waals surface area contributed by atoms with Gasteiger partial charge in [0.1, 0.15) is 0 Å². The van der Waals surface area contributed by atoms with Crippen LogP contribution in [0.2, 0.25) is 0 Å². The number of rotatable bonds is 5. The predicted molar refractivity (Wildman–Crippen MR) is 88.0 cm³/mol. The third-order valence-corrected chi connectivity index (χ3v) is 4.15. The highest BCUT2D eigenvalue weighted by Crippen LogP contribution is 2.29. The highest BCUT2D eigenvalue weighted by Gasteiger charge is 2.26. The van der Waals surface area contributed by atoms with Gasteiger partial charge in [0.15, 0.2) is 0 Å². The smallest absolute Gasteiger partial charge is 0.340 e. The first kappa shape index (κ1) is 17.2. The molecule has 1 heterocycles. The van der Waals surface area contributed by atoms with Gasteiger partial charge in [0.25, 0.3) is 5.69 Å². The molecule has 1 aromatic rings. The molecule has 0 spiro atoms. The average Bonchev–Trinajstić information content (AvgIpc) is 2.54. The molecule has 0 N–H and O–H groups in total. The van der Waals surface area contributed by atoms with E-state index in [0.29, 0.717) is 11.7 Å². The lowest BCUT2D eigenvalue weighted by atomic mass is 10.0. The lowest BCUT2D eigenvalue weighted by Crippen LogP contribution is -2.45. The van der Waals surface area contributed by atoms with Gasteiger partial charge in [0.05, 0.1) is 22.8 Å². The number of piperidine rings is 1. The zero-order valence-corrected chi connectivity index (χ0v) is 13.8. The van der Waals surface area contributed by atoms with Crippen LogP contribution in [0, 0.1) is 10.1 Å². The number of anilines is 1. The van der Waals surface area contributed by atoms with E-state index in [4.69, 9.17) is 4.74 Å². The maximum absolute atomic E-state index is 12.2. The van der Waals surface area contributed by atoms with E-state index < -0.39 is 10.9 Å². The Morgan fingerprint density at radius 3 is 2.83 bits per heavy atom. The Hall–Kier alpha value is -2.15. The summed E-state index contributed by atoms with van der Waals surface area (Å²) in [5.41, 5.74) is 0.874. The number of hydrogen-bond donors (Lipinski definition) is 0. The van der Waals surface area contributed by atoms with Crippen molar-refractivity contribution >= 4 is 17.3 Å². The first-order valence-electron chi connectivity index (χ1n) is 7.81. The monoisotopic (exact) mass is 321 g/mol. The van der Waals surface area contributed by atoms with Crippen molar-refractivity contribution in [3.63, 3.8) is 0 Å². The number of carbonyl (C=O) groups is 1. The molecule has 1 aliphatic heterocycles. The standard InChI is InChI=1S/C16H23N3O4/c1-4-23-16(20)14-10-12(19(21)22)7-8-15(14)18-9-5-6-13(11-18)17(2)3/h7-8,10,13H,4-6,9,11H2,1-3H3. The number of nitrogens with zero attached hydrogens (tertiary/aromatic N) is 3. The van der Waals surface area contributed by atoms with E-state index in [2.05, 4.69) is 9.80 Å². The summed E-state index contributed by atoms with van der Waals surface area (Å²) < 4.78 is 5.07. The first-order valence-corrected chi connectivity index (χ1v) is 7.81. The molecule has 1 saturated heterocycles. The largest absolute Gasteiger partial charge is 0.462 e. The van der Waals surface area contributed by atoms with Crippen molar-refractivity contribution in [3.05, 3.63) is 33.9 Å². The van der Waals surface area contributed by atoms with Crippen LogP contribution < -0.4 is 4.90 Å². The van der Waals surface area contributed by atoms with Crippen LogP contribution in [0.4, 0.5) is 11.4 Å². The molecule has 0 bridgehead atoms. The van der Waals surface area contributed by atoms with Crippen LogP contribution in [-0.4, -0.2) is 55.6 Å². The van der Waals surface area contributed by atoms with E-state index in [1.807, 2.05) is 14.1 Å². The summed E-state index contributed by atoms with van der Waals surface area (Å²) in [6, 6.07) is 4.81. The van der Waals surface area contributed by atoms with Crippen molar-refractivity contribution in [3.8, 4) is 0 Å². The Bertz CT molecular complexity index is 589. The molecular weight excluding hydrogens is 298 g/mol. The van der Waals surface area contributed by atoms with Crippen LogP contribution >= 0.6 is 0 Å². The van der Waals surface area contributed by atoms with E-state index in [1.54, 1.807) is 13.0 Å². The summed E-state index contributed by atoms with van der Waals surface area (Å²) in [6.07, 6.45) is 2.12. The lowest BCUT2D eigenvalue weighted by molar-refractivity contribution is -0.384. The molecule has 0 aromatic heterocycles. The summed E-state index contributed by atoms with van der Waals surface area (Å²) in [7, 11) is 4.08. The molecule has 7 nitrogen and oxygen atoms in total. The van der Waals surface area contributed by atoms with Gasteiger partial charge in [-0.2, -0.15) is 0 Å². The highest BCUT2D eigenvalue weighted by atomic mass is 16.6. The number of benzene rings is 1. The van der Waals surface area contributed by atoms with E-state index >= 15 is 0 Å². The average molecular weight is 321 g/mol. The normalized spacial score (nSPS) is 18.1. The van der Waals surface area contributed by atoms with Crippen LogP contribution in [0.1, 0.15) is 30.1 Å². The van der Waals surface area contributed by atoms with Crippen molar-refractivity contribution in [1.29, 1.82) is 0 Å². The molecule has 2 rings (SSSR count). The van der Waals surface area contributed by atoms with Crippen molar-refractivity contribution in [2.24, 2.45) is 0 Å². The lowest BCUT2D eigenvalue weighted by Gasteiger charge is -2.38. The molecule has 1 atom stereocenters. The number of nitro groups is 1. The molecule has 7 heteroatoms. The molecule has 1 unspecified atom stereocenters. The number of ether oxygens (including phenoxy) is 1. The first-order chi connectivity index (χ1) is 10.9. The van der Waals surface area contributed by atoms with Gasteiger partial charge in [0.2, 0.25) is 0 Å². The summed E-state index contributed by atoms with van der Waals surface area (Å²) in [6.45, 7) is 3.57. The number of esters is 1. The molecule has 0 radical (unpaired) electrons. The zero-order chi connectivity index (χ0) is 17.0. The summed E-state index contributed by atoms with van der Waals surface area (Å²) >= 11 is 0. The molecule has 1 fully saturated rings. The second-order valence-electron chi connectivity index (χ2n) is 5.88. The molecule has 126 valence electrons. The second-order valence-corrected chi connectivity index (χ2v) is 5.88. The van der Waals surface area contributed by atoms with Crippen LogP contribution in [-0.2, 0) is 4.74 Å². The van der Waals surface area contributed by atoms with Gasteiger partial charge in [-0.05, 0) is 39.9 Å². The van der Waals surface area contributed by atoms with Gasteiger partial charge < -0.3 is 14.5 Å². The Balaban J connectivity index is 2.36. The minimum atomic E-state index is -0.516. The van der Waals surface area contributed by atoms with Crippen LogP contribution in [0.3, 0.4) is 0 Å². The Morgan fingerprint density at radius 1 is 1.48 bits per heavy atom. The maximum atomic E-state index is 12.2. The van der Waals surface area contributed by atoms with Gasteiger partial charge in [-0.25, -0.2) is 4.79 Å². The fraction of sp³-hybridized carbons (Fsp3) is 0.562. The predicted octanol–water partition coefficient (Wildman–Crippen LogP) is 2.30. The fourth-order valence-corrected chi connectivity index (χ4v) is 2.88. The highest BCUT2D eigenvalue weighted by molar-refractivity contribution is 5.96. The second kappa shape index (κ2) is 7.41. The third kappa shape index (κ3) is 3.98. The van der Waals surface area contributed by atoms with Gasteiger partial charge in [-0.3, -0.25) is 10.1 Å². The van der Waals surface area contributed by atoms with Crippen molar-refractivity contribution in [2.45, 2.75) is 25.8 Å². The quantitative estimate of drug-likeness (QED) is 0.470. The third-order valence-electron chi connectivity index (χ3n) is 4.15. The summed E-state index contributed by atoms with van der Waals surface area (Å²) in [5, 5.41) is 11.0. The van der Waals surface area contributed by atoms with Crippen molar-refractivity contribution in [1.82, 2.24) is 4.90 Å². The Kier molecular flexibility index (Phi) is 5.54. The fourth-order valence-electron chi connectivity index (χ4n) is 2.88. The number of hydrogen-bond acceptors (Lipinski definition) is 6. The number of likely N-dealkylation sites (N-methyl/N-ethyl adjacent to an activating group) is 1. The van der Waals surface area contributed by atoms with E-state index in [-0.39, 0.29) is 17.9 Å². The SMILES string of the molecule is CCOC(=O)c1cc([N+](=O)[O-])ccc1N1CCCC(N(C)C)C1. The summed E-state index contributed by atoms with van der Waals surface area (Å²) in [5.74, 6) is -0.516. The van der Waals surface area contributed by atoms with Crippen molar-refractivity contribution < 1.29 is 14.5 Å². The number of non-ortho nitro benzene ring substituents is 1. The van der Waals surface area contributed by atoms with Gasteiger partial charge in [-0.1, -0.05) is 0 Å². The minimum Gasteiger partial charge on any atom is -0.462 e. The number of carbonyl (C=O) groups excluding carboxylic acids is 1. The van der Waals surface area contributed by atoms with E-state index in [1.165, 1.54) is 12.1 Å². The Morgan fingerprint density at radius 2 is 2.22 bits per heavy atom. The molecule has 1 aromatic carbocycles. The zero-order valence-electron chi connectivity index (χ0n) is 13.8.